The third-order valence-electron chi connectivity index (χ3n) is 4.98. The number of carboxylic acids is 1. The largest absolute Gasteiger partial charge is 0.478 e. The number of nitrogens with zero attached hydrogens (tertiary/aromatic N) is 2. The van der Waals surface area contributed by atoms with Crippen LogP contribution in [0.1, 0.15) is 55.1 Å². The molecule has 1 unspecified atom stereocenters. The number of pyridine rings is 2. The zero-order chi connectivity index (χ0) is 21.7. The van der Waals surface area contributed by atoms with Crippen molar-refractivity contribution >= 4 is 34.4 Å². The second-order valence-electron chi connectivity index (χ2n) is 7.85. The standard InChI is InChI=1S/C24H26ClN3O2/c1-15(2)8-9-16(3)14-20(18-6-4-5-7-19(18)24(29)30)26-22-13-11-17-10-12-21(25)27-23(17)28-22/h4-7,10-13,15,20H,3,8-9,14H2,1-2H3,(H,29,30)(H,26,27,28). The summed E-state index contributed by atoms with van der Waals surface area (Å²) in [6, 6.07) is 14.1. The second kappa shape index (κ2) is 9.72. The first-order valence-corrected chi connectivity index (χ1v) is 10.4. The monoisotopic (exact) mass is 423 g/mol. The highest BCUT2D eigenvalue weighted by molar-refractivity contribution is 6.29. The summed E-state index contributed by atoms with van der Waals surface area (Å²) in [5.74, 6) is 0.238. The first kappa shape index (κ1) is 21.8. The quantitative estimate of drug-likeness (QED) is 0.303. The maximum absolute atomic E-state index is 11.8. The number of nitrogens with one attached hydrogen (secondary N) is 1. The Bertz CT molecular complexity index is 1070. The van der Waals surface area contributed by atoms with Gasteiger partial charge in [-0.1, -0.05) is 55.8 Å². The lowest BCUT2D eigenvalue weighted by molar-refractivity contribution is 0.0695. The van der Waals surface area contributed by atoms with Gasteiger partial charge < -0.3 is 10.4 Å². The van der Waals surface area contributed by atoms with Gasteiger partial charge in [0.05, 0.1) is 11.6 Å². The van der Waals surface area contributed by atoms with Crippen LogP contribution in [0.5, 0.6) is 0 Å². The number of halogens is 1. The van der Waals surface area contributed by atoms with Crippen LogP contribution in [0.15, 0.2) is 60.7 Å². The van der Waals surface area contributed by atoms with Crippen molar-refractivity contribution in [2.45, 2.75) is 39.2 Å². The molecule has 0 radical (unpaired) electrons. The van der Waals surface area contributed by atoms with E-state index < -0.39 is 5.97 Å². The van der Waals surface area contributed by atoms with E-state index >= 15 is 0 Å². The molecule has 5 nitrogen and oxygen atoms in total. The molecule has 6 heteroatoms. The number of hydrogen-bond acceptors (Lipinski definition) is 4. The lowest BCUT2D eigenvalue weighted by Gasteiger charge is -2.23. The molecule has 3 rings (SSSR count). The maximum Gasteiger partial charge on any atom is 0.336 e. The Balaban J connectivity index is 1.93. The lowest BCUT2D eigenvalue weighted by Crippen LogP contribution is -2.16. The molecule has 0 aliphatic heterocycles. The van der Waals surface area contributed by atoms with E-state index in [-0.39, 0.29) is 11.6 Å². The number of benzene rings is 1. The summed E-state index contributed by atoms with van der Waals surface area (Å²) >= 11 is 6.01. The minimum absolute atomic E-state index is 0.272. The van der Waals surface area contributed by atoms with Crippen LogP contribution in [0.25, 0.3) is 11.0 Å². The van der Waals surface area contributed by atoms with E-state index in [0.717, 1.165) is 23.8 Å². The summed E-state index contributed by atoms with van der Waals surface area (Å²) in [5, 5.41) is 14.3. The summed E-state index contributed by atoms with van der Waals surface area (Å²) in [6.07, 6.45) is 2.55. The van der Waals surface area contributed by atoms with Gasteiger partial charge in [-0.3, -0.25) is 0 Å². The summed E-state index contributed by atoms with van der Waals surface area (Å²) in [6.45, 7) is 8.59. The highest BCUT2D eigenvalue weighted by Gasteiger charge is 2.20. The van der Waals surface area contributed by atoms with Gasteiger partial charge in [-0.15, -0.1) is 0 Å². The Morgan fingerprint density at radius 1 is 1.13 bits per heavy atom. The summed E-state index contributed by atoms with van der Waals surface area (Å²) in [5.41, 5.74) is 2.59. The second-order valence-corrected chi connectivity index (χ2v) is 8.24. The van der Waals surface area contributed by atoms with Crippen molar-refractivity contribution in [3.05, 3.63) is 77.0 Å². The van der Waals surface area contributed by atoms with Crippen LogP contribution < -0.4 is 5.32 Å². The van der Waals surface area contributed by atoms with Crippen molar-refractivity contribution in [1.82, 2.24) is 9.97 Å². The Hall–Kier alpha value is -2.92. The first-order valence-electron chi connectivity index (χ1n) is 10.0. The number of hydrogen-bond donors (Lipinski definition) is 2. The van der Waals surface area contributed by atoms with Gasteiger partial charge in [0.1, 0.15) is 11.0 Å². The SMILES string of the molecule is C=C(CCC(C)C)CC(Nc1ccc2ccc(Cl)nc2n1)c1ccccc1C(=O)O. The van der Waals surface area contributed by atoms with Gasteiger partial charge in [-0.2, -0.15) is 0 Å². The van der Waals surface area contributed by atoms with Gasteiger partial charge in [-0.05, 0) is 61.1 Å². The lowest BCUT2D eigenvalue weighted by atomic mass is 9.92. The maximum atomic E-state index is 11.8. The van der Waals surface area contributed by atoms with Gasteiger partial charge in [0.25, 0.3) is 0 Å². The number of rotatable bonds is 9. The van der Waals surface area contributed by atoms with E-state index in [2.05, 4.69) is 35.7 Å². The topological polar surface area (TPSA) is 75.1 Å². The Kier molecular flexibility index (Phi) is 7.06. The molecule has 0 saturated carbocycles. The normalized spacial score (nSPS) is 12.1. The molecular formula is C24H26ClN3O2. The van der Waals surface area contributed by atoms with Gasteiger partial charge in [0.15, 0.2) is 5.65 Å². The minimum Gasteiger partial charge on any atom is -0.478 e. The molecule has 0 aliphatic carbocycles. The van der Waals surface area contributed by atoms with E-state index in [1.54, 1.807) is 18.2 Å². The van der Waals surface area contributed by atoms with Gasteiger partial charge >= 0.3 is 5.97 Å². The number of anilines is 1. The van der Waals surface area contributed by atoms with E-state index in [4.69, 9.17) is 11.6 Å². The zero-order valence-electron chi connectivity index (χ0n) is 17.2. The predicted molar refractivity (Wildman–Crippen MR) is 122 cm³/mol. The fourth-order valence-electron chi connectivity index (χ4n) is 3.35. The van der Waals surface area contributed by atoms with E-state index in [0.29, 0.717) is 34.5 Å². The van der Waals surface area contributed by atoms with E-state index in [9.17, 15) is 9.90 Å². The molecule has 156 valence electrons. The van der Waals surface area contributed by atoms with Crippen LogP contribution in [0.3, 0.4) is 0 Å². The summed E-state index contributed by atoms with van der Waals surface area (Å²) in [7, 11) is 0. The predicted octanol–water partition coefficient (Wildman–Crippen LogP) is 6.52. The Morgan fingerprint density at radius 2 is 1.87 bits per heavy atom. The van der Waals surface area contributed by atoms with Crippen LogP contribution in [0, 0.1) is 5.92 Å². The van der Waals surface area contributed by atoms with Crippen molar-refractivity contribution in [1.29, 1.82) is 0 Å². The molecule has 0 aliphatic rings. The van der Waals surface area contributed by atoms with Crippen LogP contribution >= 0.6 is 11.6 Å². The molecule has 2 N–H and O–H groups in total. The Labute approximate surface area is 181 Å². The highest BCUT2D eigenvalue weighted by Crippen LogP contribution is 2.30. The molecule has 3 aromatic rings. The molecule has 2 aromatic heterocycles. The molecule has 0 bridgehead atoms. The van der Waals surface area contributed by atoms with Gasteiger partial charge in [0.2, 0.25) is 0 Å². The zero-order valence-corrected chi connectivity index (χ0v) is 18.0. The van der Waals surface area contributed by atoms with Crippen LogP contribution in [0.2, 0.25) is 5.15 Å². The van der Waals surface area contributed by atoms with Crippen LogP contribution in [-0.2, 0) is 0 Å². The van der Waals surface area contributed by atoms with Crippen LogP contribution in [0.4, 0.5) is 5.82 Å². The molecule has 0 saturated heterocycles. The van der Waals surface area contributed by atoms with Gasteiger partial charge in [-0.25, -0.2) is 14.8 Å². The fourth-order valence-corrected chi connectivity index (χ4v) is 3.50. The number of fused-ring (bicyclic) bond motifs is 1. The number of aromatic carboxylic acids is 1. The highest BCUT2D eigenvalue weighted by atomic mass is 35.5. The third-order valence-corrected chi connectivity index (χ3v) is 5.19. The molecule has 1 aromatic carbocycles. The van der Waals surface area contributed by atoms with Crippen molar-refractivity contribution in [2.75, 3.05) is 5.32 Å². The summed E-state index contributed by atoms with van der Waals surface area (Å²) in [4.78, 5) is 20.6. The Morgan fingerprint density at radius 3 is 2.60 bits per heavy atom. The molecule has 30 heavy (non-hydrogen) atoms. The van der Waals surface area contributed by atoms with Crippen molar-refractivity contribution < 1.29 is 9.90 Å². The summed E-state index contributed by atoms with van der Waals surface area (Å²) < 4.78 is 0. The van der Waals surface area contributed by atoms with Gasteiger partial charge in [0, 0.05) is 5.39 Å². The molecule has 2 heterocycles. The fraction of sp³-hybridized carbons (Fsp3) is 0.292. The van der Waals surface area contributed by atoms with Crippen molar-refractivity contribution in [3.63, 3.8) is 0 Å². The number of aromatic nitrogens is 2. The number of carbonyl (C=O) groups is 1. The average Bonchev–Trinajstić information content (AvgIpc) is 2.71. The minimum atomic E-state index is -0.954. The first-order chi connectivity index (χ1) is 14.3. The van der Waals surface area contributed by atoms with E-state index in [1.807, 2.05) is 30.3 Å². The van der Waals surface area contributed by atoms with Crippen molar-refractivity contribution in [2.24, 2.45) is 5.92 Å². The number of carboxylic acid groups (broad SMARTS) is 1. The van der Waals surface area contributed by atoms with E-state index in [1.165, 1.54) is 0 Å². The molecular weight excluding hydrogens is 398 g/mol. The molecule has 1 atom stereocenters. The van der Waals surface area contributed by atoms with Crippen LogP contribution in [-0.4, -0.2) is 21.0 Å². The molecule has 0 spiro atoms. The average molecular weight is 424 g/mol. The van der Waals surface area contributed by atoms with Crippen molar-refractivity contribution in [3.8, 4) is 0 Å². The third kappa shape index (κ3) is 5.57. The molecule has 0 amide bonds. The molecule has 0 fully saturated rings. The smallest absolute Gasteiger partial charge is 0.336 e.